The van der Waals surface area contributed by atoms with Crippen LogP contribution < -0.4 is 16.0 Å². The second kappa shape index (κ2) is 12.2. The van der Waals surface area contributed by atoms with Crippen LogP contribution in [0.1, 0.15) is 46.8 Å². The van der Waals surface area contributed by atoms with Crippen molar-refractivity contribution in [3.63, 3.8) is 0 Å². The standard InChI is InChI=1S/C30H37N7O5/c1-34-15-16-36(26(39)18-34)24-4-2-3-23-22(24)11-14-37(25(38)17-19-9-12-35(13-10-19)30(31)32)27(23)28(40)33-21-7-5-20(6-8-21)29(41)42/h2-8,19,27H,9-18H2,1H3,(H3,31,32)(H,33,40)(H,41,42)/t27-/m1/s1. The number of carbonyl (C=O) groups is 4. The molecule has 2 saturated heterocycles. The van der Waals surface area contributed by atoms with Crippen molar-refractivity contribution in [2.24, 2.45) is 11.7 Å². The third-order valence-corrected chi connectivity index (χ3v) is 8.49. The molecule has 0 unspecified atom stereocenters. The topological polar surface area (TPSA) is 163 Å². The van der Waals surface area contributed by atoms with Crippen LogP contribution in [0, 0.1) is 11.3 Å². The van der Waals surface area contributed by atoms with Crippen LogP contribution in [-0.2, 0) is 20.8 Å². The molecular weight excluding hydrogens is 538 g/mol. The van der Waals surface area contributed by atoms with E-state index >= 15 is 0 Å². The molecule has 2 aromatic rings. The van der Waals surface area contributed by atoms with Crippen LogP contribution in [0.15, 0.2) is 42.5 Å². The van der Waals surface area contributed by atoms with E-state index in [1.54, 1.807) is 14.7 Å². The van der Waals surface area contributed by atoms with Crippen molar-refractivity contribution in [1.29, 1.82) is 5.41 Å². The first kappa shape index (κ1) is 29.1. The lowest BCUT2D eigenvalue weighted by Crippen LogP contribution is -2.50. The van der Waals surface area contributed by atoms with E-state index in [9.17, 15) is 24.3 Å². The van der Waals surface area contributed by atoms with E-state index in [0.29, 0.717) is 50.4 Å². The Morgan fingerprint density at radius 3 is 2.38 bits per heavy atom. The molecule has 12 heteroatoms. The number of benzene rings is 2. The number of piperazine rings is 1. The van der Waals surface area contributed by atoms with Crippen molar-refractivity contribution in [2.45, 2.75) is 31.7 Å². The Balaban J connectivity index is 1.43. The number of likely N-dealkylation sites (tertiary alicyclic amines) is 1. The van der Waals surface area contributed by atoms with E-state index in [1.165, 1.54) is 24.3 Å². The fourth-order valence-electron chi connectivity index (χ4n) is 6.15. The number of nitrogens with zero attached hydrogens (tertiary/aromatic N) is 4. The molecule has 3 aliphatic rings. The van der Waals surface area contributed by atoms with E-state index in [4.69, 9.17) is 11.1 Å². The maximum absolute atomic E-state index is 13.9. The van der Waals surface area contributed by atoms with Crippen LogP contribution in [0.25, 0.3) is 0 Å². The Kier molecular flexibility index (Phi) is 8.44. The zero-order valence-electron chi connectivity index (χ0n) is 23.7. The normalized spacial score (nSPS) is 19.8. The van der Waals surface area contributed by atoms with Gasteiger partial charge in [-0.15, -0.1) is 0 Å². The smallest absolute Gasteiger partial charge is 0.335 e. The minimum atomic E-state index is -1.06. The molecule has 1 atom stereocenters. The van der Waals surface area contributed by atoms with Gasteiger partial charge in [0.05, 0.1) is 12.1 Å². The molecule has 5 N–H and O–H groups in total. The monoisotopic (exact) mass is 575 g/mol. The number of hydrogen-bond donors (Lipinski definition) is 4. The second-order valence-corrected chi connectivity index (χ2v) is 11.3. The second-order valence-electron chi connectivity index (χ2n) is 11.3. The Bertz CT molecular complexity index is 1390. The minimum Gasteiger partial charge on any atom is -0.478 e. The first-order valence-corrected chi connectivity index (χ1v) is 14.3. The molecule has 0 aromatic heterocycles. The minimum absolute atomic E-state index is 0.00733. The van der Waals surface area contributed by atoms with Crippen molar-refractivity contribution in [3.05, 3.63) is 59.2 Å². The Morgan fingerprint density at radius 2 is 1.74 bits per heavy atom. The van der Waals surface area contributed by atoms with Gasteiger partial charge < -0.3 is 30.9 Å². The van der Waals surface area contributed by atoms with Gasteiger partial charge >= 0.3 is 5.97 Å². The van der Waals surface area contributed by atoms with Crippen LogP contribution >= 0.6 is 0 Å². The third kappa shape index (κ3) is 6.08. The number of fused-ring (bicyclic) bond motifs is 1. The summed E-state index contributed by atoms with van der Waals surface area (Å²) < 4.78 is 0. The summed E-state index contributed by atoms with van der Waals surface area (Å²) in [6.07, 6.45) is 2.27. The lowest BCUT2D eigenvalue weighted by Gasteiger charge is -2.40. The summed E-state index contributed by atoms with van der Waals surface area (Å²) >= 11 is 0. The molecule has 0 aliphatic carbocycles. The molecule has 3 aliphatic heterocycles. The molecular formula is C30H37N7O5. The number of guanidine groups is 1. The average Bonchev–Trinajstić information content (AvgIpc) is 2.97. The molecule has 3 amide bonds. The number of likely N-dealkylation sites (N-methyl/N-ethyl adjacent to an activating group) is 1. The number of carboxylic acid groups (broad SMARTS) is 1. The first-order chi connectivity index (χ1) is 20.1. The van der Waals surface area contributed by atoms with Crippen LogP contribution in [0.2, 0.25) is 0 Å². The van der Waals surface area contributed by atoms with Crippen LogP contribution in [0.3, 0.4) is 0 Å². The highest BCUT2D eigenvalue weighted by atomic mass is 16.4. The molecule has 0 bridgehead atoms. The van der Waals surface area contributed by atoms with E-state index < -0.39 is 17.9 Å². The summed E-state index contributed by atoms with van der Waals surface area (Å²) in [6, 6.07) is 10.6. The number of nitrogens with two attached hydrogens (primary N) is 1. The van der Waals surface area contributed by atoms with Crippen molar-refractivity contribution in [3.8, 4) is 0 Å². The summed E-state index contributed by atoms with van der Waals surface area (Å²) in [5.41, 5.74) is 8.50. The zero-order chi connectivity index (χ0) is 30.0. The van der Waals surface area contributed by atoms with E-state index in [-0.39, 0.29) is 35.7 Å². The number of amides is 3. The van der Waals surface area contributed by atoms with Gasteiger partial charge in [0.15, 0.2) is 5.96 Å². The quantitative estimate of drug-likeness (QED) is 0.299. The first-order valence-electron chi connectivity index (χ1n) is 14.3. The fourth-order valence-corrected chi connectivity index (χ4v) is 6.15. The van der Waals surface area contributed by atoms with Gasteiger partial charge in [-0.05, 0) is 73.7 Å². The van der Waals surface area contributed by atoms with Gasteiger partial charge in [0, 0.05) is 50.5 Å². The number of carbonyl (C=O) groups excluding carboxylic acids is 3. The molecule has 0 saturated carbocycles. The van der Waals surface area contributed by atoms with E-state index in [0.717, 1.165) is 30.6 Å². The zero-order valence-corrected chi connectivity index (χ0v) is 23.7. The number of hydrogen-bond acceptors (Lipinski definition) is 6. The Labute approximate surface area is 244 Å². The summed E-state index contributed by atoms with van der Waals surface area (Å²) in [7, 11) is 1.91. The molecule has 12 nitrogen and oxygen atoms in total. The predicted molar refractivity (Wildman–Crippen MR) is 157 cm³/mol. The summed E-state index contributed by atoms with van der Waals surface area (Å²) in [4.78, 5) is 59.1. The number of nitrogens with one attached hydrogen (secondary N) is 2. The lowest BCUT2D eigenvalue weighted by atomic mass is 9.88. The third-order valence-electron chi connectivity index (χ3n) is 8.49. The highest BCUT2D eigenvalue weighted by Gasteiger charge is 2.39. The molecule has 3 heterocycles. The fraction of sp³-hybridized carbons (Fsp3) is 0.433. The van der Waals surface area contributed by atoms with Crippen molar-refractivity contribution in [2.75, 3.05) is 56.5 Å². The number of piperidine rings is 1. The summed E-state index contributed by atoms with van der Waals surface area (Å²) in [5, 5.41) is 19.8. The van der Waals surface area contributed by atoms with Crippen molar-refractivity contribution < 1.29 is 24.3 Å². The van der Waals surface area contributed by atoms with Gasteiger partial charge in [0.1, 0.15) is 6.04 Å². The van der Waals surface area contributed by atoms with Crippen LogP contribution in [0.4, 0.5) is 11.4 Å². The van der Waals surface area contributed by atoms with E-state index in [2.05, 4.69) is 5.32 Å². The van der Waals surface area contributed by atoms with Crippen molar-refractivity contribution >= 4 is 41.0 Å². The molecule has 5 rings (SSSR count). The number of aromatic carboxylic acids is 1. The maximum Gasteiger partial charge on any atom is 0.335 e. The SMILES string of the molecule is CN1CCN(c2cccc3c2CCN(C(=O)CC2CCN(C(=N)N)CC2)[C@H]3C(=O)Nc2ccc(C(=O)O)cc2)C(=O)C1. The highest BCUT2D eigenvalue weighted by Crippen LogP contribution is 2.38. The molecule has 0 radical (unpaired) electrons. The molecule has 2 aromatic carbocycles. The van der Waals surface area contributed by atoms with Gasteiger partial charge in [-0.3, -0.25) is 24.7 Å². The Morgan fingerprint density at radius 1 is 1.02 bits per heavy atom. The summed E-state index contributed by atoms with van der Waals surface area (Å²) in [5.74, 6) is -1.44. The number of carboxylic acids is 1. The predicted octanol–water partition coefficient (Wildman–Crippen LogP) is 1.72. The average molecular weight is 576 g/mol. The van der Waals surface area contributed by atoms with Crippen molar-refractivity contribution in [1.82, 2.24) is 14.7 Å². The largest absolute Gasteiger partial charge is 0.478 e. The Hall–Kier alpha value is -4.45. The van der Waals surface area contributed by atoms with Gasteiger partial charge in [-0.2, -0.15) is 0 Å². The molecule has 222 valence electrons. The van der Waals surface area contributed by atoms with Crippen LogP contribution in [-0.4, -0.2) is 95.8 Å². The molecule has 0 spiro atoms. The number of anilines is 2. The highest BCUT2D eigenvalue weighted by molar-refractivity contribution is 6.00. The van der Waals surface area contributed by atoms with Gasteiger partial charge in [0.25, 0.3) is 5.91 Å². The molecule has 42 heavy (non-hydrogen) atoms. The van der Waals surface area contributed by atoms with Gasteiger partial charge in [-0.1, -0.05) is 12.1 Å². The summed E-state index contributed by atoms with van der Waals surface area (Å²) in [6.45, 7) is 3.16. The maximum atomic E-state index is 13.9. The number of rotatable bonds is 6. The van der Waals surface area contributed by atoms with Gasteiger partial charge in [0.2, 0.25) is 11.8 Å². The van der Waals surface area contributed by atoms with E-state index in [1.807, 2.05) is 30.1 Å². The van der Waals surface area contributed by atoms with Crippen LogP contribution in [0.5, 0.6) is 0 Å². The lowest BCUT2D eigenvalue weighted by molar-refractivity contribution is -0.140. The van der Waals surface area contributed by atoms with Gasteiger partial charge in [-0.25, -0.2) is 4.79 Å². The molecule has 2 fully saturated rings.